The van der Waals surface area contributed by atoms with Crippen molar-refractivity contribution in [3.63, 3.8) is 0 Å². The molecule has 24 nitrogen and oxygen atoms in total. The van der Waals surface area contributed by atoms with Crippen LogP contribution in [0.1, 0.15) is 86.5 Å². The maximum atomic E-state index is 12.4. The zero-order valence-electron chi connectivity index (χ0n) is 46.1. The maximum Gasteiger partial charge on any atom is 0.388 e. The van der Waals surface area contributed by atoms with Gasteiger partial charge in [0.1, 0.15) is 71.9 Å². The summed E-state index contributed by atoms with van der Waals surface area (Å²) in [6, 6.07) is 5.74. The molecule has 9 N–H and O–H groups in total. The van der Waals surface area contributed by atoms with Crippen molar-refractivity contribution < 1.29 is 55.6 Å². The lowest BCUT2D eigenvalue weighted by Gasteiger charge is -2.44. The van der Waals surface area contributed by atoms with Crippen LogP contribution in [0.5, 0.6) is 11.6 Å². The van der Waals surface area contributed by atoms with Crippen LogP contribution in [-0.2, 0) is 30.8 Å². The number of thioether (sulfide) groups is 3. The van der Waals surface area contributed by atoms with Gasteiger partial charge >= 0.3 is 13.2 Å². The van der Waals surface area contributed by atoms with Gasteiger partial charge in [-0.05, 0) is 64.3 Å². The van der Waals surface area contributed by atoms with Gasteiger partial charge in [0.2, 0.25) is 5.88 Å². The number of halogens is 5. The molecule has 9 atom stereocenters. The highest BCUT2D eigenvalue weighted by Crippen LogP contribution is 2.50. The van der Waals surface area contributed by atoms with E-state index in [0.29, 0.717) is 68.7 Å². The van der Waals surface area contributed by atoms with E-state index in [-0.39, 0.29) is 64.8 Å². The Morgan fingerprint density at radius 2 is 0.943 bits per heavy atom. The number of aliphatic imine (C=N–C) groups is 3. The van der Waals surface area contributed by atoms with Gasteiger partial charge in [0.15, 0.2) is 15.5 Å². The smallest absolute Gasteiger partial charge is 0.388 e. The fraction of sp³-hybridized carbons (Fsp3) is 0.442. The third kappa shape index (κ3) is 15.0. The molecule has 0 unspecified atom stereocenters. The highest BCUT2D eigenvalue weighted by atomic mass is 35.5. The number of nitrogens with zero attached hydrogens (tertiary/aromatic N) is 10. The highest BCUT2D eigenvalue weighted by Gasteiger charge is 2.52. The first-order valence-electron chi connectivity index (χ1n) is 26.6. The van der Waals surface area contributed by atoms with Gasteiger partial charge in [-0.3, -0.25) is 14.4 Å². The molecule has 0 aliphatic carbocycles. The lowest BCUT2D eigenvalue weighted by molar-refractivity contribution is -0.0532. The summed E-state index contributed by atoms with van der Waals surface area (Å²) in [7, 11) is 0. The zero-order chi connectivity index (χ0) is 61.6. The molecule has 0 radical (unpaired) electrons. The third-order valence-corrected chi connectivity index (χ3v) is 20.6. The normalized spacial score (nSPS) is 26.5. The minimum Gasteiger partial charge on any atom is -0.433 e. The molecular weight excluding hydrogens is 1280 g/mol. The summed E-state index contributed by atoms with van der Waals surface area (Å²) in [5.41, 5.74) is 16.4. The number of nitrogens with one attached hydrogen (secondary N) is 3. The van der Waals surface area contributed by atoms with Crippen molar-refractivity contribution in [1.82, 2.24) is 34.9 Å². The molecule has 87 heavy (non-hydrogen) atoms. The second kappa shape index (κ2) is 27.6. The molecular formula is C52H55ClF4N16O8S6. The number of aromatic nitrogens is 7. The highest BCUT2D eigenvalue weighted by molar-refractivity contribution is 8.14. The first-order chi connectivity index (χ1) is 41.7. The van der Waals surface area contributed by atoms with Crippen molar-refractivity contribution in [2.45, 2.75) is 88.2 Å². The molecule has 6 aromatic rings. The fourth-order valence-corrected chi connectivity index (χ4v) is 16.2. The first kappa shape index (κ1) is 63.6. The molecule has 3 saturated heterocycles. The van der Waals surface area contributed by atoms with Crippen LogP contribution in [0.15, 0.2) is 80.2 Å². The zero-order valence-corrected chi connectivity index (χ0v) is 51.8. The summed E-state index contributed by atoms with van der Waals surface area (Å²) in [6.07, 6.45) is 7.56. The van der Waals surface area contributed by atoms with Crippen LogP contribution in [0.4, 0.5) is 35.0 Å². The molecule has 0 spiro atoms. The Bertz CT molecular complexity index is 3370. The molecule has 3 fully saturated rings. The number of anilines is 3. The Balaban J connectivity index is 0.000000145. The van der Waals surface area contributed by atoms with Gasteiger partial charge in [-0.15, -0.1) is 34.0 Å². The first-order valence-corrected chi connectivity index (χ1v) is 32.6. The van der Waals surface area contributed by atoms with E-state index in [1.165, 1.54) is 75.9 Å². The molecule has 6 aliphatic heterocycles. The summed E-state index contributed by atoms with van der Waals surface area (Å²) < 4.78 is 74.8. The Hall–Kier alpha value is -6.37. The van der Waals surface area contributed by atoms with Crippen LogP contribution >= 0.6 is 80.9 Å². The monoisotopic (exact) mass is 1330 g/mol. The van der Waals surface area contributed by atoms with Gasteiger partial charge in [0.05, 0.1) is 61.7 Å². The number of hydrogen-bond donors (Lipinski definition) is 6. The minimum atomic E-state index is -3.02. The topological polar surface area (TPSA) is 339 Å². The number of nitrogens with two attached hydrogens (primary N) is 3. The predicted octanol–water partition coefficient (Wildman–Crippen LogP) is 8.67. The van der Waals surface area contributed by atoms with E-state index in [0.717, 1.165) is 65.1 Å². The number of carbonyl (C=O) groups excluding carboxylic acids is 3. The molecule has 35 heteroatoms. The van der Waals surface area contributed by atoms with Crippen molar-refractivity contribution in [1.29, 1.82) is 0 Å². The molecule has 0 bridgehead atoms. The Labute approximate surface area is 523 Å². The van der Waals surface area contributed by atoms with Gasteiger partial charge < -0.3 is 56.8 Å². The van der Waals surface area contributed by atoms with Crippen LogP contribution in [0.3, 0.4) is 0 Å². The third-order valence-electron chi connectivity index (χ3n) is 14.4. The fourth-order valence-electron chi connectivity index (χ4n) is 10.2. The van der Waals surface area contributed by atoms with Crippen molar-refractivity contribution in [3.8, 4) is 11.6 Å². The average Bonchev–Trinajstić information content (AvgIpc) is 2.60. The molecule has 6 aromatic heterocycles. The molecule has 12 heterocycles. The number of rotatable bonds is 13. The van der Waals surface area contributed by atoms with Crippen LogP contribution in [0.25, 0.3) is 0 Å². The number of thiazole rings is 3. The molecule has 6 aliphatic rings. The second-order valence-electron chi connectivity index (χ2n) is 20.4. The van der Waals surface area contributed by atoms with Gasteiger partial charge in [-0.1, -0.05) is 46.9 Å². The standard InChI is InChI=1S/C18H19F2N5O3S2.C17H18ClN5O2S2.C17H18F2N6O3S2/c1-9-4-10-6-30-17(21)25-18(10,8-27-9)15-24-13(7-29-15)23-14(26)12-3-2-11(5-22-12)28-16(19)20;1-9-4-10-6-27-16(19)23-17(10,8-25-9)15-22-13(7-26-15)21-14(24)12-3-2-11(18)5-20-12;1-8-2-9-5-30-16(20)25-17(9,7-27-8)14-24-11(6-29-14)23-13(26)10-3-22-12(4-21-10)28-15(18)19/h2-3,5,7,9-10,16H,4,6,8H2,1H3,(H2,21,25)(H,23,26);2-3,5,7,9-10H,4,6,8H2,1H3,(H2,19,23)(H,21,24);3-4,6,8-9,15H,2,5,7H2,1H3,(H2,20,25)(H,23,26)/t9-,10-,18-;9-,10-,17-;8-,9-,17-/m000/s1. The quantitative estimate of drug-likeness (QED) is 0.0589. The summed E-state index contributed by atoms with van der Waals surface area (Å²) in [4.78, 5) is 80.4. The van der Waals surface area contributed by atoms with E-state index in [2.05, 4.69) is 67.2 Å². The van der Waals surface area contributed by atoms with E-state index in [1.54, 1.807) is 40.0 Å². The van der Waals surface area contributed by atoms with E-state index < -0.39 is 41.7 Å². The summed E-state index contributed by atoms with van der Waals surface area (Å²) in [5, 5.41) is 17.6. The Morgan fingerprint density at radius 3 is 1.30 bits per heavy atom. The molecule has 0 aromatic carbocycles. The Kier molecular flexibility index (Phi) is 20.2. The van der Waals surface area contributed by atoms with Crippen LogP contribution in [-0.4, -0.2) is 137 Å². The lowest BCUT2D eigenvalue weighted by Crippen LogP contribution is -2.49. The number of pyridine rings is 2. The van der Waals surface area contributed by atoms with Crippen molar-refractivity contribution in [3.05, 3.63) is 102 Å². The molecule has 462 valence electrons. The van der Waals surface area contributed by atoms with E-state index >= 15 is 0 Å². The number of ether oxygens (including phenoxy) is 5. The number of amides is 3. The van der Waals surface area contributed by atoms with E-state index in [1.807, 2.05) is 13.8 Å². The minimum absolute atomic E-state index is 0.0494. The Morgan fingerprint density at radius 1 is 0.552 bits per heavy atom. The number of carbonyl (C=O) groups is 3. The van der Waals surface area contributed by atoms with E-state index in [4.69, 9.17) is 58.0 Å². The van der Waals surface area contributed by atoms with Crippen molar-refractivity contribution >= 4 is 132 Å². The number of amidine groups is 3. The summed E-state index contributed by atoms with van der Waals surface area (Å²) in [6.45, 7) is 1.37. The lowest BCUT2D eigenvalue weighted by atomic mass is 9.80. The van der Waals surface area contributed by atoms with Crippen molar-refractivity contribution in [2.75, 3.05) is 53.0 Å². The molecule has 3 amide bonds. The van der Waals surface area contributed by atoms with Crippen LogP contribution in [0.2, 0.25) is 5.02 Å². The number of fused-ring (bicyclic) bond motifs is 3. The average molecular weight is 1340 g/mol. The van der Waals surface area contributed by atoms with Crippen molar-refractivity contribution in [2.24, 2.45) is 49.9 Å². The SMILES string of the molecule is C[C@H]1C[C@H]2CSC(N)=N[C@@]2(c2nc(NC(=O)c3ccc(Cl)cn3)cs2)CO1.C[C@H]1C[C@H]2CSC(N)=N[C@@]2(c2nc(NC(=O)c3ccc(OC(F)F)cn3)cs2)CO1.C[C@H]1C[C@H]2CSC(N)=N[C@@]2(c2nc(NC(=O)c3cnc(OC(F)F)cn3)cs2)CO1. The van der Waals surface area contributed by atoms with Crippen LogP contribution in [0, 0.1) is 17.8 Å². The molecule has 0 saturated carbocycles. The summed E-state index contributed by atoms with van der Waals surface area (Å²) in [5.74, 6) is 2.52. The maximum absolute atomic E-state index is 12.4. The van der Waals surface area contributed by atoms with Gasteiger partial charge in [0.25, 0.3) is 17.7 Å². The van der Waals surface area contributed by atoms with Crippen LogP contribution < -0.4 is 42.6 Å². The van der Waals surface area contributed by atoms with Gasteiger partial charge in [0, 0.05) is 57.3 Å². The predicted molar refractivity (Wildman–Crippen MR) is 327 cm³/mol. The molecule has 12 rings (SSSR count). The largest absolute Gasteiger partial charge is 0.433 e. The number of hydrogen-bond acceptors (Lipinski definition) is 27. The number of alkyl halides is 4. The van der Waals surface area contributed by atoms with Gasteiger partial charge in [-0.2, -0.15) is 17.6 Å². The van der Waals surface area contributed by atoms with Gasteiger partial charge in [-0.25, -0.2) is 49.9 Å². The van der Waals surface area contributed by atoms with E-state index in [9.17, 15) is 31.9 Å². The summed E-state index contributed by atoms with van der Waals surface area (Å²) >= 11 is 14.6. The second-order valence-corrected chi connectivity index (χ2v) is 26.6.